The first-order valence-corrected chi connectivity index (χ1v) is 7.09. The second-order valence-corrected chi connectivity index (χ2v) is 5.26. The first-order valence-electron chi connectivity index (χ1n) is 7.09. The molecule has 2 aromatic carbocycles. The fourth-order valence-electron chi connectivity index (χ4n) is 3.05. The van der Waals surface area contributed by atoms with Gasteiger partial charge in [0.2, 0.25) is 0 Å². The van der Waals surface area contributed by atoms with Gasteiger partial charge in [-0.15, -0.1) is 0 Å². The molecule has 102 valence electrons. The van der Waals surface area contributed by atoms with Gasteiger partial charge in [0.15, 0.2) is 0 Å². The maximum Gasteiger partial charge on any atom is 0.106 e. The smallest absolute Gasteiger partial charge is 0.106 e. The average molecular weight is 265 g/mol. The summed E-state index contributed by atoms with van der Waals surface area (Å²) in [6.45, 7) is 2.21. The summed E-state index contributed by atoms with van der Waals surface area (Å²) >= 11 is 0. The number of fused-ring (bicyclic) bond motifs is 1. The van der Waals surface area contributed by atoms with E-state index < -0.39 is 0 Å². The number of rotatable bonds is 2. The van der Waals surface area contributed by atoms with E-state index in [-0.39, 0.29) is 0 Å². The van der Waals surface area contributed by atoms with Crippen LogP contribution < -0.4 is 0 Å². The van der Waals surface area contributed by atoms with Crippen LogP contribution in [0.3, 0.4) is 0 Å². The second kappa shape index (κ2) is 5.49. The number of oxime groups is 1. The van der Waals surface area contributed by atoms with E-state index in [0.717, 1.165) is 25.0 Å². The lowest BCUT2D eigenvalue weighted by Gasteiger charge is -2.21. The van der Waals surface area contributed by atoms with Crippen molar-refractivity contribution >= 4 is 22.1 Å². The molecule has 0 heterocycles. The molecule has 2 heteroatoms. The SMILES string of the molecule is CON=C1CCCC(C)=C1c1cccc2ccccc12. The van der Waals surface area contributed by atoms with Crippen molar-refractivity contribution in [3.8, 4) is 0 Å². The Hall–Kier alpha value is -2.09. The van der Waals surface area contributed by atoms with Crippen LogP contribution in [0.15, 0.2) is 53.2 Å². The highest BCUT2D eigenvalue weighted by Gasteiger charge is 2.20. The lowest BCUT2D eigenvalue weighted by atomic mass is 9.84. The quantitative estimate of drug-likeness (QED) is 0.715. The highest BCUT2D eigenvalue weighted by molar-refractivity contribution is 6.27. The number of nitrogens with zero attached hydrogens (tertiary/aromatic N) is 1. The molecule has 0 N–H and O–H groups in total. The molecule has 0 bridgehead atoms. The first-order chi connectivity index (χ1) is 9.81. The first kappa shape index (κ1) is 12.9. The van der Waals surface area contributed by atoms with Crippen molar-refractivity contribution < 1.29 is 4.84 Å². The van der Waals surface area contributed by atoms with Gasteiger partial charge in [0.25, 0.3) is 0 Å². The van der Waals surface area contributed by atoms with Gasteiger partial charge in [0.1, 0.15) is 7.11 Å². The van der Waals surface area contributed by atoms with Crippen molar-refractivity contribution in [2.45, 2.75) is 26.2 Å². The van der Waals surface area contributed by atoms with E-state index in [1.165, 1.54) is 27.5 Å². The molecule has 0 atom stereocenters. The third kappa shape index (κ3) is 2.22. The van der Waals surface area contributed by atoms with Crippen LogP contribution in [0.2, 0.25) is 0 Å². The Morgan fingerprint density at radius 1 is 1.00 bits per heavy atom. The van der Waals surface area contributed by atoms with E-state index in [9.17, 15) is 0 Å². The summed E-state index contributed by atoms with van der Waals surface area (Å²) in [7, 11) is 1.62. The van der Waals surface area contributed by atoms with Gasteiger partial charge < -0.3 is 4.84 Å². The summed E-state index contributed by atoms with van der Waals surface area (Å²) in [4.78, 5) is 5.05. The number of hydrogen-bond donors (Lipinski definition) is 0. The summed E-state index contributed by atoms with van der Waals surface area (Å²) in [5, 5.41) is 6.82. The normalized spacial score (nSPS) is 17.8. The molecule has 0 aliphatic heterocycles. The van der Waals surface area contributed by atoms with Crippen LogP contribution in [-0.2, 0) is 4.84 Å². The summed E-state index contributed by atoms with van der Waals surface area (Å²) in [6.07, 6.45) is 3.29. The van der Waals surface area contributed by atoms with E-state index in [1.54, 1.807) is 7.11 Å². The van der Waals surface area contributed by atoms with Crippen molar-refractivity contribution in [1.29, 1.82) is 0 Å². The second-order valence-electron chi connectivity index (χ2n) is 5.26. The summed E-state index contributed by atoms with van der Waals surface area (Å²) in [5.41, 5.74) is 5.03. The van der Waals surface area contributed by atoms with E-state index in [4.69, 9.17) is 4.84 Å². The molecule has 1 aliphatic rings. The summed E-state index contributed by atoms with van der Waals surface area (Å²) in [5.74, 6) is 0. The third-order valence-electron chi connectivity index (χ3n) is 3.94. The molecule has 0 saturated carbocycles. The van der Waals surface area contributed by atoms with Gasteiger partial charge in [0.05, 0.1) is 5.71 Å². The zero-order chi connectivity index (χ0) is 13.9. The minimum atomic E-state index is 0.990. The zero-order valence-electron chi connectivity index (χ0n) is 12.0. The molecule has 0 radical (unpaired) electrons. The van der Waals surface area contributed by atoms with Crippen LogP contribution >= 0.6 is 0 Å². The molecular formula is C18H19NO. The topological polar surface area (TPSA) is 21.6 Å². The highest BCUT2D eigenvalue weighted by atomic mass is 16.6. The van der Waals surface area contributed by atoms with Gasteiger partial charge in [-0.1, -0.05) is 53.2 Å². The molecular weight excluding hydrogens is 246 g/mol. The largest absolute Gasteiger partial charge is 0.399 e. The van der Waals surface area contributed by atoms with E-state index in [2.05, 4.69) is 54.5 Å². The maximum absolute atomic E-state index is 5.05. The number of hydrogen-bond acceptors (Lipinski definition) is 2. The van der Waals surface area contributed by atoms with Gasteiger partial charge in [-0.2, -0.15) is 0 Å². The molecule has 2 aromatic rings. The predicted octanol–water partition coefficient (Wildman–Crippen LogP) is 4.80. The van der Waals surface area contributed by atoms with Crippen LogP contribution in [0.25, 0.3) is 16.3 Å². The molecule has 20 heavy (non-hydrogen) atoms. The molecule has 3 rings (SSSR count). The monoisotopic (exact) mass is 265 g/mol. The Morgan fingerprint density at radius 3 is 2.65 bits per heavy atom. The van der Waals surface area contributed by atoms with Crippen molar-refractivity contribution in [2.75, 3.05) is 7.11 Å². The van der Waals surface area contributed by atoms with Crippen molar-refractivity contribution in [2.24, 2.45) is 5.16 Å². The Kier molecular flexibility index (Phi) is 3.55. The Balaban J connectivity index is 2.25. The van der Waals surface area contributed by atoms with Crippen LogP contribution in [0.1, 0.15) is 31.7 Å². The van der Waals surface area contributed by atoms with Gasteiger partial charge in [-0.05, 0) is 42.5 Å². The van der Waals surface area contributed by atoms with Crippen LogP contribution in [0.5, 0.6) is 0 Å². The van der Waals surface area contributed by atoms with Crippen LogP contribution in [0.4, 0.5) is 0 Å². The van der Waals surface area contributed by atoms with Crippen molar-refractivity contribution in [1.82, 2.24) is 0 Å². The minimum Gasteiger partial charge on any atom is -0.399 e. The van der Waals surface area contributed by atoms with Gasteiger partial charge >= 0.3 is 0 Å². The Morgan fingerprint density at radius 2 is 1.80 bits per heavy atom. The fraction of sp³-hybridized carbons (Fsp3) is 0.278. The minimum absolute atomic E-state index is 0.990. The number of allylic oxidation sites excluding steroid dienone is 2. The molecule has 1 aliphatic carbocycles. The Bertz CT molecular complexity index is 692. The van der Waals surface area contributed by atoms with Crippen molar-refractivity contribution in [3.05, 3.63) is 53.6 Å². The van der Waals surface area contributed by atoms with E-state index in [1.807, 2.05) is 0 Å². The van der Waals surface area contributed by atoms with E-state index in [0.29, 0.717) is 0 Å². The zero-order valence-corrected chi connectivity index (χ0v) is 12.0. The summed E-state index contributed by atoms with van der Waals surface area (Å²) < 4.78 is 0. The number of benzene rings is 2. The highest BCUT2D eigenvalue weighted by Crippen LogP contribution is 2.34. The molecule has 0 unspecified atom stereocenters. The van der Waals surface area contributed by atoms with Crippen LogP contribution in [-0.4, -0.2) is 12.8 Å². The molecule has 0 aromatic heterocycles. The third-order valence-corrected chi connectivity index (χ3v) is 3.94. The standard InChI is InChI=1S/C18H19NO/c1-13-7-5-12-17(19-20-2)18(13)16-11-6-9-14-8-3-4-10-15(14)16/h3-4,6,8-11H,5,7,12H2,1-2H3. The molecule has 0 amide bonds. The van der Waals surface area contributed by atoms with E-state index >= 15 is 0 Å². The van der Waals surface area contributed by atoms with Gasteiger partial charge in [0, 0.05) is 5.57 Å². The van der Waals surface area contributed by atoms with Crippen molar-refractivity contribution in [3.63, 3.8) is 0 Å². The summed E-state index contributed by atoms with van der Waals surface area (Å²) in [6, 6.07) is 15.0. The molecule has 0 saturated heterocycles. The molecule has 0 fully saturated rings. The molecule has 0 spiro atoms. The van der Waals surface area contributed by atoms with Gasteiger partial charge in [-0.3, -0.25) is 0 Å². The van der Waals surface area contributed by atoms with Crippen LogP contribution in [0, 0.1) is 0 Å². The van der Waals surface area contributed by atoms with Gasteiger partial charge in [-0.25, -0.2) is 0 Å². The Labute approximate surface area is 119 Å². The predicted molar refractivity (Wildman–Crippen MR) is 84.8 cm³/mol. The molecule has 2 nitrogen and oxygen atoms in total. The average Bonchev–Trinajstić information content (AvgIpc) is 2.48. The lowest BCUT2D eigenvalue weighted by molar-refractivity contribution is 0.213. The maximum atomic E-state index is 5.05. The lowest BCUT2D eigenvalue weighted by Crippen LogP contribution is -2.11. The fourth-order valence-corrected chi connectivity index (χ4v) is 3.05.